The number of aromatic amines is 1. The summed E-state index contributed by atoms with van der Waals surface area (Å²) in [6.07, 6.45) is 5.58. The summed E-state index contributed by atoms with van der Waals surface area (Å²) in [5, 5.41) is 10.8. The number of nitrogens with one attached hydrogen (secondary N) is 1. The van der Waals surface area contributed by atoms with Gasteiger partial charge in [-0.1, -0.05) is 25.1 Å². The maximum absolute atomic E-state index is 11.9. The highest BCUT2D eigenvalue weighted by atomic mass is 35.5. The van der Waals surface area contributed by atoms with Gasteiger partial charge in [0.05, 0.1) is 17.9 Å². The van der Waals surface area contributed by atoms with E-state index in [4.69, 9.17) is 0 Å². The molecule has 5 aromatic rings. The third kappa shape index (κ3) is 10.8. The number of carbonyl (C=O) groups excluding carboxylic acids is 1. The topological polar surface area (TPSA) is 140 Å². The van der Waals surface area contributed by atoms with Crippen LogP contribution in [0.2, 0.25) is 0 Å². The van der Waals surface area contributed by atoms with Crippen molar-refractivity contribution in [2.45, 2.75) is 33.7 Å². The molecule has 0 fully saturated rings. The second-order valence-electron chi connectivity index (χ2n) is 9.73. The van der Waals surface area contributed by atoms with Crippen LogP contribution < -0.4 is 11.1 Å². The van der Waals surface area contributed by atoms with E-state index in [1.807, 2.05) is 82.2 Å². The van der Waals surface area contributed by atoms with E-state index < -0.39 is 0 Å². The minimum absolute atomic E-state index is 0. The first-order chi connectivity index (χ1) is 20.7. The van der Waals surface area contributed by atoms with Gasteiger partial charge in [-0.15, -0.1) is 12.4 Å². The monoisotopic (exact) mass is 616 g/mol. The van der Waals surface area contributed by atoms with Gasteiger partial charge in [0.1, 0.15) is 17.1 Å². The maximum Gasteiger partial charge on any atom is 0.267 e. The molecule has 0 saturated carbocycles. The van der Waals surface area contributed by atoms with Gasteiger partial charge in [-0.25, -0.2) is 9.78 Å². The minimum Gasteiger partial charge on any atom is -0.308 e. The van der Waals surface area contributed by atoms with Gasteiger partial charge in [-0.2, -0.15) is 10.2 Å². The Kier molecular flexibility index (Phi) is 14.4. The van der Waals surface area contributed by atoms with Crippen molar-refractivity contribution in [3.05, 3.63) is 123 Å². The number of H-pyrrole nitrogens is 1. The molecular weight excluding hydrogens is 580 g/mol. The molecule has 1 N–H and O–H groups in total. The molecule has 0 amide bonds. The zero-order valence-corrected chi connectivity index (χ0v) is 26.3. The van der Waals surface area contributed by atoms with Gasteiger partial charge in [-0.3, -0.25) is 29.3 Å². The fourth-order valence-corrected chi connectivity index (χ4v) is 3.76. The molecule has 5 aromatic heterocycles. The van der Waals surface area contributed by atoms with E-state index in [9.17, 15) is 14.4 Å². The van der Waals surface area contributed by atoms with Gasteiger partial charge in [0, 0.05) is 43.7 Å². The maximum atomic E-state index is 11.9. The lowest BCUT2D eigenvalue weighted by molar-refractivity contribution is 0.0983. The number of aryl methyl sites for hydroxylation is 2. The van der Waals surface area contributed by atoms with E-state index in [1.165, 1.54) is 10.7 Å². The highest BCUT2D eigenvalue weighted by Crippen LogP contribution is 2.16. The van der Waals surface area contributed by atoms with Crippen molar-refractivity contribution in [3.63, 3.8) is 0 Å². The summed E-state index contributed by atoms with van der Waals surface area (Å²) in [7, 11) is 3.94. The summed E-state index contributed by atoms with van der Waals surface area (Å²) in [5.74, 6) is 0.0978. The SMILES string of the molecule is CCC(=O)c1ccccn1.Cc1cc(=O)[nH]nc1-c1ccccn1.Cc1cc(=O)n(CCN(C)C)nc1-c1ccccn1.Cl. The van der Waals surface area contributed by atoms with Crippen molar-refractivity contribution < 1.29 is 4.79 Å². The molecule has 0 atom stereocenters. The Morgan fingerprint density at radius 1 is 0.818 bits per heavy atom. The lowest BCUT2D eigenvalue weighted by Crippen LogP contribution is -2.28. The fraction of sp³-hybridized carbons (Fsp3) is 0.250. The Balaban J connectivity index is 0.000000239. The smallest absolute Gasteiger partial charge is 0.267 e. The molecule has 0 aliphatic carbocycles. The molecular formula is C32H37ClN8O3. The summed E-state index contributed by atoms with van der Waals surface area (Å²) < 4.78 is 1.50. The van der Waals surface area contributed by atoms with Gasteiger partial charge in [0.2, 0.25) is 0 Å². The van der Waals surface area contributed by atoms with Crippen molar-refractivity contribution in [3.8, 4) is 22.8 Å². The summed E-state index contributed by atoms with van der Waals surface area (Å²) in [5.41, 5.74) is 5.01. The van der Waals surface area contributed by atoms with Crippen LogP contribution in [0.15, 0.2) is 94.9 Å². The Hall–Kier alpha value is -4.87. The average Bonchev–Trinajstić information content (AvgIpc) is 3.02. The second-order valence-corrected chi connectivity index (χ2v) is 9.73. The summed E-state index contributed by atoms with van der Waals surface area (Å²) >= 11 is 0. The Labute approximate surface area is 262 Å². The van der Waals surface area contributed by atoms with Gasteiger partial charge < -0.3 is 4.90 Å². The number of hydrogen-bond donors (Lipinski definition) is 1. The van der Waals surface area contributed by atoms with Crippen LogP contribution in [0, 0.1) is 13.8 Å². The molecule has 230 valence electrons. The van der Waals surface area contributed by atoms with E-state index in [2.05, 4.69) is 30.2 Å². The summed E-state index contributed by atoms with van der Waals surface area (Å²) in [6.45, 7) is 6.90. The molecule has 5 rings (SSSR count). The quantitative estimate of drug-likeness (QED) is 0.263. The third-order valence-corrected chi connectivity index (χ3v) is 6.03. The molecule has 0 aliphatic heterocycles. The average molecular weight is 617 g/mol. The van der Waals surface area contributed by atoms with Gasteiger partial charge >= 0.3 is 0 Å². The normalized spacial score (nSPS) is 10.0. The Bertz CT molecular complexity index is 1710. The number of rotatable bonds is 7. The number of aromatic nitrogens is 7. The predicted molar refractivity (Wildman–Crippen MR) is 174 cm³/mol. The van der Waals surface area contributed by atoms with E-state index in [0.29, 0.717) is 24.4 Å². The van der Waals surface area contributed by atoms with Crippen LogP contribution in [0.4, 0.5) is 0 Å². The number of carbonyl (C=O) groups is 1. The highest BCUT2D eigenvalue weighted by Gasteiger charge is 2.09. The largest absolute Gasteiger partial charge is 0.308 e. The first kappa shape index (κ1) is 35.3. The van der Waals surface area contributed by atoms with Crippen LogP contribution in [0.3, 0.4) is 0 Å². The molecule has 44 heavy (non-hydrogen) atoms. The molecule has 0 unspecified atom stereocenters. The molecule has 0 radical (unpaired) electrons. The van der Waals surface area contributed by atoms with Crippen LogP contribution in [0.25, 0.3) is 22.8 Å². The number of likely N-dealkylation sites (N-methyl/N-ethyl adjacent to an activating group) is 1. The summed E-state index contributed by atoms with van der Waals surface area (Å²) in [6, 6.07) is 19.7. The van der Waals surface area contributed by atoms with E-state index in [0.717, 1.165) is 34.8 Å². The minimum atomic E-state index is -0.192. The van der Waals surface area contributed by atoms with Crippen molar-refractivity contribution >= 4 is 18.2 Å². The van der Waals surface area contributed by atoms with Gasteiger partial charge in [0.15, 0.2) is 5.78 Å². The zero-order valence-electron chi connectivity index (χ0n) is 25.5. The van der Waals surface area contributed by atoms with Gasteiger partial charge in [-0.05, 0) is 75.5 Å². The predicted octanol–water partition coefficient (Wildman–Crippen LogP) is 4.41. The number of halogens is 1. The molecule has 11 nitrogen and oxygen atoms in total. The van der Waals surface area contributed by atoms with Crippen molar-refractivity contribution in [1.29, 1.82) is 0 Å². The van der Waals surface area contributed by atoms with Crippen LogP contribution in [-0.4, -0.2) is 66.3 Å². The van der Waals surface area contributed by atoms with Crippen LogP contribution in [-0.2, 0) is 6.54 Å². The zero-order chi connectivity index (χ0) is 31.2. The Morgan fingerprint density at radius 2 is 1.39 bits per heavy atom. The van der Waals surface area contributed by atoms with Crippen LogP contribution in [0.5, 0.6) is 0 Å². The lowest BCUT2D eigenvalue weighted by Gasteiger charge is -2.12. The number of hydrogen-bond acceptors (Lipinski definition) is 9. The summed E-state index contributed by atoms with van der Waals surface area (Å²) in [4.78, 5) is 48.1. The standard InChI is InChI=1S/C14H18N4O.C10H9N3O.C8H9NO.ClH/c1-11-10-13(19)18(9-8-17(2)3)16-14(11)12-6-4-5-7-15-12;1-7-6-9(14)12-13-10(7)8-4-2-3-5-11-8;1-2-8(10)7-5-3-4-6-9-7;/h4-7,10H,8-9H2,1-3H3;2-6H,1H3,(H,12,14);3-6H,2H2,1H3;1H. The van der Waals surface area contributed by atoms with Crippen molar-refractivity contribution in [2.24, 2.45) is 0 Å². The number of Topliss-reactive ketones (excluding diaryl/α,β-unsaturated/α-hetero) is 1. The van der Waals surface area contributed by atoms with E-state index in [1.54, 1.807) is 36.8 Å². The van der Waals surface area contributed by atoms with Crippen LogP contribution >= 0.6 is 12.4 Å². The molecule has 5 heterocycles. The molecule has 0 aliphatic rings. The van der Waals surface area contributed by atoms with E-state index >= 15 is 0 Å². The third-order valence-electron chi connectivity index (χ3n) is 6.03. The molecule has 12 heteroatoms. The fourth-order valence-electron chi connectivity index (χ4n) is 3.76. The lowest BCUT2D eigenvalue weighted by atomic mass is 10.2. The van der Waals surface area contributed by atoms with Crippen molar-refractivity contribution in [1.82, 2.24) is 39.8 Å². The molecule has 0 spiro atoms. The number of ketones is 1. The van der Waals surface area contributed by atoms with Crippen molar-refractivity contribution in [2.75, 3.05) is 20.6 Å². The first-order valence-electron chi connectivity index (χ1n) is 13.8. The molecule has 0 bridgehead atoms. The van der Waals surface area contributed by atoms with E-state index in [-0.39, 0.29) is 29.3 Å². The molecule has 0 saturated heterocycles. The number of pyridine rings is 3. The van der Waals surface area contributed by atoms with Crippen LogP contribution in [0.1, 0.15) is 35.0 Å². The first-order valence-corrected chi connectivity index (χ1v) is 13.8. The number of nitrogens with zero attached hydrogens (tertiary/aromatic N) is 7. The highest BCUT2D eigenvalue weighted by molar-refractivity contribution is 5.93. The second kappa shape index (κ2) is 17.9. The molecule has 0 aromatic carbocycles. The van der Waals surface area contributed by atoms with Gasteiger partial charge in [0.25, 0.3) is 11.1 Å². The Morgan fingerprint density at radius 3 is 1.89 bits per heavy atom.